The van der Waals surface area contributed by atoms with Gasteiger partial charge in [0.2, 0.25) is 0 Å². The molecule has 21 heavy (non-hydrogen) atoms. The summed E-state index contributed by atoms with van der Waals surface area (Å²) in [5.41, 5.74) is 2.76. The molecule has 0 spiro atoms. The van der Waals surface area contributed by atoms with Crippen molar-refractivity contribution >= 4 is 0 Å². The molecule has 5 nitrogen and oxygen atoms in total. The summed E-state index contributed by atoms with van der Waals surface area (Å²) in [7, 11) is 2.01. The van der Waals surface area contributed by atoms with E-state index in [-0.39, 0.29) is 0 Å². The molecule has 1 N–H and O–H groups in total. The summed E-state index contributed by atoms with van der Waals surface area (Å²) in [6.45, 7) is 2.31. The number of aryl methyl sites for hydroxylation is 2. The van der Waals surface area contributed by atoms with Crippen molar-refractivity contribution in [2.75, 3.05) is 7.05 Å². The second kappa shape index (κ2) is 6.26. The molecule has 3 rings (SSSR count). The van der Waals surface area contributed by atoms with Gasteiger partial charge in [-0.3, -0.25) is 0 Å². The van der Waals surface area contributed by atoms with Crippen LogP contribution in [-0.4, -0.2) is 17.2 Å². The molecule has 0 bridgehead atoms. The van der Waals surface area contributed by atoms with Crippen molar-refractivity contribution in [3.8, 4) is 5.75 Å². The van der Waals surface area contributed by atoms with Crippen molar-refractivity contribution in [3.63, 3.8) is 0 Å². The van der Waals surface area contributed by atoms with Crippen LogP contribution in [0.3, 0.4) is 0 Å². The molecule has 0 aliphatic heterocycles. The summed E-state index contributed by atoms with van der Waals surface area (Å²) < 4.78 is 10.9. The van der Waals surface area contributed by atoms with Crippen molar-refractivity contribution in [2.24, 2.45) is 0 Å². The maximum atomic E-state index is 5.78. The molecule has 1 unspecified atom stereocenters. The smallest absolute Gasteiger partial charge is 0.264 e. The monoisotopic (exact) mass is 287 g/mol. The molecule has 1 atom stereocenters. The molecule has 0 amide bonds. The Balaban J connectivity index is 1.71. The highest BCUT2D eigenvalue weighted by atomic mass is 16.5. The van der Waals surface area contributed by atoms with E-state index >= 15 is 0 Å². The fourth-order valence-electron chi connectivity index (χ4n) is 2.80. The Kier molecular flexibility index (Phi) is 4.20. The molecule has 1 aromatic carbocycles. The van der Waals surface area contributed by atoms with Crippen LogP contribution in [0.25, 0.3) is 0 Å². The molecule has 1 heterocycles. The van der Waals surface area contributed by atoms with Crippen LogP contribution in [0.2, 0.25) is 0 Å². The summed E-state index contributed by atoms with van der Waals surface area (Å²) in [5.74, 6) is 2.09. The van der Waals surface area contributed by atoms with Crippen LogP contribution in [0.1, 0.15) is 48.6 Å². The van der Waals surface area contributed by atoms with Crippen molar-refractivity contribution in [1.29, 1.82) is 0 Å². The third kappa shape index (κ3) is 3.08. The number of nitrogens with one attached hydrogen (secondary N) is 1. The number of fused-ring (bicyclic) bond motifs is 1. The van der Waals surface area contributed by atoms with E-state index in [9.17, 15) is 0 Å². The summed E-state index contributed by atoms with van der Waals surface area (Å²) in [5, 5.41) is 7.24. The molecule has 0 saturated heterocycles. The molecule has 0 saturated carbocycles. The molecule has 2 aromatic rings. The third-order valence-electron chi connectivity index (χ3n) is 3.97. The third-order valence-corrected chi connectivity index (χ3v) is 3.97. The molecule has 1 aliphatic carbocycles. The zero-order valence-corrected chi connectivity index (χ0v) is 12.6. The molecule has 1 aromatic heterocycles. The number of aromatic nitrogens is 2. The Morgan fingerprint density at radius 3 is 3.10 bits per heavy atom. The first kappa shape index (κ1) is 14.1. The summed E-state index contributed by atoms with van der Waals surface area (Å²) in [6.07, 6.45) is 4.33. The SMILES string of the molecule is CCc1noc(COc2ccc3c(c2)C(NC)CCC3)n1. The fraction of sp³-hybridized carbons (Fsp3) is 0.500. The van der Waals surface area contributed by atoms with E-state index in [1.54, 1.807) is 0 Å². The van der Waals surface area contributed by atoms with Gasteiger partial charge >= 0.3 is 0 Å². The first-order valence-electron chi connectivity index (χ1n) is 7.54. The van der Waals surface area contributed by atoms with E-state index in [1.807, 2.05) is 20.0 Å². The predicted molar refractivity (Wildman–Crippen MR) is 79.2 cm³/mol. The minimum atomic E-state index is 0.315. The van der Waals surface area contributed by atoms with E-state index < -0.39 is 0 Å². The standard InChI is InChI=1S/C16H21N3O2/c1-3-15-18-16(21-19-15)10-20-12-8-7-11-5-4-6-14(17-2)13(11)9-12/h7-9,14,17H,3-6,10H2,1-2H3. The predicted octanol–water partition coefficient (Wildman–Crippen LogP) is 2.81. The van der Waals surface area contributed by atoms with Crippen molar-refractivity contribution in [2.45, 2.75) is 45.3 Å². The van der Waals surface area contributed by atoms with Crippen molar-refractivity contribution < 1.29 is 9.26 Å². The lowest BCUT2D eigenvalue weighted by Crippen LogP contribution is -2.21. The van der Waals surface area contributed by atoms with Gasteiger partial charge in [0.1, 0.15) is 5.75 Å². The van der Waals surface area contributed by atoms with E-state index in [1.165, 1.54) is 24.0 Å². The molecule has 0 radical (unpaired) electrons. The number of rotatable bonds is 5. The van der Waals surface area contributed by atoms with Crippen LogP contribution in [0.4, 0.5) is 0 Å². The Hall–Kier alpha value is -1.88. The first-order chi connectivity index (χ1) is 10.3. The molecule has 5 heteroatoms. The Morgan fingerprint density at radius 2 is 2.33 bits per heavy atom. The number of hydrogen-bond acceptors (Lipinski definition) is 5. The van der Waals surface area contributed by atoms with E-state index in [0.717, 1.165) is 18.6 Å². The molecular weight excluding hydrogens is 266 g/mol. The summed E-state index contributed by atoms with van der Waals surface area (Å²) >= 11 is 0. The molecule has 1 aliphatic rings. The van der Waals surface area contributed by atoms with E-state index in [0.29, 0.717) is 24.4 Å². The Morgan fingerprint density at radius 1 is 1.43 bits per heavy atom. The van der Waals surface area contributed by atoms with Crippen LogP contribution in [0, 0.1) is 0 Å². The Bertz CT molecular complexity index is 609. The van der Waals surface area contributed by atoms with Crippen molar-refractivity contribution in [3.05, 3.63) is 41.0 Å². The number of nitrogens with zero attached hydrogens (tertiary/aromatic N) is 2. The van der Waals surface area contributed by atoms with Gasteiger partial charge in [-0.2, -0.15) is 4.98 Å². The van der Waals surface area contributed by atoms with Crippen molar-refractivity contribution in [1.82, 2.24) is 15.5 Å². The van der Waals surface area contributed by atoms with Gasteiger partial charge in [-0.15, -0.1) is 0 Å². The van der Waals surface area contributed by atoms with Crippen LogP contribution in [0.5, 0.6) is 5.75 Å². The second-order valence-electron chi connectivity index (χ2n) is 5.34. The number of benzene rings is 1. The zero-order valence-electron chi connectivity index (χ0n) is 12.6. The van der Waals surface area contributed by atoms with Gasteiger partial charge in [-0.05, 0) is 49.6 Å². The van der Waals surface area contributed by atoms with Gasteiger partial charge in [-0.25, -0.2) is 0 Å². The van der Waals surface area contributed by atoms with E-state index in [4.69, 9.17) is 9.26 Å². The second-order valence-corrected chi connectivity index (χ2v) is 5.34. The van der Waals surface area contributed by atoms with E-state index in [2.05, 4.69) is 27.6 Å². The lowest BCUT2D eigenvalue weighted by Gasteiger charge is -2.25. The van der Waals surface area contributed by atoms with Gasteiger partial charge in [-0.1, -0.05) is 18.1 Å². The average Bonchev–Trinajstić information content (AvgIpc) is 3.00. The van der Waals surface area contributed by atoms with Gasteiger partial charge in [0, 0.05) is 12.5 Å². The van der Waals surface area contributed by atoms with Gasteiger partial charge < -0.3 is 14.6 Å². The first-order valence-corrected chi connectivity index (χ1v) is 7.54. The maximum Gasteiger partial charge on any atom is 0.264 e. The van der Waals surface area contributed by atoms with Crippen LogP contribution in [0.15, 0.2) is 22.7 Å². The van der Waals surface area contributed by atoms with Crippen LogP contribution in [-0.2, 0) is 19.4 Å². The molecular formula is C16H21N3O2. The van der Waals surface area contributed by atoms with Gasteiger partial charge in [0.25, 0.3) is 5.89 Å². The average molecular weight is 287 g/mol. The topological polar surface area (TPSA) is 60.2 Å². The largest absolute Gasteiger partial charge is 0.484 e. The summed E-state index contributed by atoms with van der Waals surface area (Å²) in [6, 6.07) is 6.74. The lowest BCUT2D eigenvalue weighted by molar-refractivity contribution is 0.242. The maximum absolute atomic E-state index is 5.78. The van der Waals surface area contributed by atoms with Gasteiger partial charge in [0.05, 0.1) is 0 Å². The minimum absolute atomic E-state index is 0.315. The lowest BCUT2D eigenvalue weighted by atomic mass is 9.87. The molecule has 112 valence electrons. The number of hydrogen-bond donors (Lipinski definition) is 1. The van der Waals surface area contributed by atoms with Crippen LogP contribution < -0.4 is 10.1 Å². The highest BCUT2D eigenvalue weighted by molar-refractivity contribution is 5.39. The molecule has 0 fully saturated rings. The highest BCUT2D eigenvalue weighted by Gasteiger charge is 2.19. The van der Waals surface area contributed by atoms with Gasteiger partial charge in [0.15, 0.2) is 12.4 Å². The fourth-order valence-corrected chi connectivity index (χ4v) is 2.80. The minimum Gasteiger partial charge on any atom is -0.484 e. The number of ether oxygens (including phenoxy) is 1. The summed E-state index contributed by atoms with van der Waals surface area (Å²) in [4.78, 5) is 4.25. The van der Waals surface area contributed by atoms with Crippen LogP contribution >= 0.6 is 0 Å². The zero-order chi connectivity index (χ0) is 14.7. The Labute approximate surface area is 124 Å². The normalized spacial score (nSPS) is 17.5. The highest BCUT2D eigenvalue weighted by Crippen LogP contribution is 2.32. The quantitative estimate of drug-likeness (QED) is 0.916.